The lowest BCUT2D eigenvalue weighted by Gasteiger charge is -2.02. The fourth-order valence-electron chi connectivity index (χ4n) is 0.839. The summed E-state index contributed by atoms with van der Waals surface area (Å²) in [5.74, 6) is 1.39. The molecule has 4 heteroatoms. The maximum atomic E-state index is 5.20. The Hall–Kier alpha value is -1.000. The van der Waals surface area contributed by atoms with Crippen LogP contribution in [0.4, 0.5) is 0 Å². The fraction of sp³-hybridized carbons (Fsp3) is 0. The number of benzene rings is 1. The van der Waals surface area contributed by atoms with Gasteiger partial charge in [-0.1, -0.05) is 6.07 Å². The van der Waals surface area contributed by atoms with Crippen LogP contribution in [-0.2, 0) is 0 Å². The van der Waals surface area contributed by atoms with Crippen LogP contribution < -0.4 is 9.47 Å². The van der Waals surface area contributed by atoms with Crippen molar-refractivity contribution in [1.29, 1.82) is 0 Å². The average molecular weight is 226 g/mol. The molecule has 1 rings (SSSR count). The van der Waals surface area contributed by atoms with E-state index in [0.717, 1.165) is 0 Å². The van der Waals surface area contributed by atoms with Gasteiger partial charge in [-0.3, -0.25) is 0 Å². The van der Waals surface area contributed by atoms with E-state index in [4.69, 9.17) is 9.47 Å². The third kappa shape index (κ3) is 3.81. The molecule has 0 heterocycles. The van der Waals surface area contributed by atoms with Gasteiger partial charge in [0, 0.05) is 16.9 Å². The molecule has 0 aliphatic heterocycles. The van der Waals surface area contributed by atoms with Gasteiger partial charge in [-0.15, -0.1) is 25.3 Å². The summed E-state index contributed by atoms with van der Waals surface area (Å²) in [5.41, 5.74) is 0. The normalized spacial score (nSPS) is 11.0. The summed E-state index contributed by atoms with van der Waals surface area (Å²) in [4.78, 5) is 0. The summed E-state index contributed by atoms with van der Waals surface area (Å²) in [6.07, 6.45) is 2.97. The van der Waals surface area contributed by atoms with E-state index in [9.17, 15) is 0 Å². The second-order valence-electron chi connectivity index (χ2n) is 2.28. The number of hydrogen-bond donors (Lipinski definition) is 2. The van der Waals surface area contributed by atoms with Crippen LogP contribution in [0.25, 0.3) is 0 Å². The third-order valence-corrected chi connectivity index (χ3v) is 1.58. The summed E-state index contributed by atoms with van der Waals surface area (Å²) in [6, 6.07) is 7.25. The van der Waals surface area contributed by atoms with Crippen molar-refractivity contribution in [3.8, 4) is 11.5 Å². The van der Waals surface area contributed by atoms with Crippen molar-refractivity contribution in [3.05, 3.63) is 47.6 Å². The minimum absolute atomic E-state index is 0.695. The Morgan fingerprint density at radius 3 is 1.86 bits per heavy atom. The number of ether oxygens (including phenoxy) is 2. The Balaban J connectivity index is 2.68. The van der Waals surface area contributed by atoms with Crippen molar-refractivity contribution in [2.75, 3.05) is 0 Å². The second-order valence-corrected chi connectivity index (χ2v) is 2.88. The van der Waals surface area contributed by atoms with E-state index in [1.165, 1.54) is 23.3 Å². The monoisotopic (exact) mass is 226 g/mol. The van der Waals surface area contributed by atoms with Gasteiger partial charge >= 0.3 is 0 Å². The van der Waals surface area contributed by atoms with E-state index in [1.54, 1.807) is 6.07 Å². The number of thiol groups is 2. The zero-order chi connectivity index (χ0) is 10.2. The van der Waals surface area contributed by atoms with Gasteiger partial charge in [-0.05, 0) is 12.1 Å². The lowest BCUT2D eigenvalue weighted by molar-refractivity contribution is 0.460. The number of rotatable bonds is 4. The molecule has 0 aliphatic carbocycles. The van der Waals surface area contributed by atoms with Crippen LogP contribution in [-0.4, -0.2) is 0 Å². The molecule has 74 valence electrons. The quantitative estimate of drug-likeness (QED) is 0.606. The zero-order valence-electron chi connectivity index (χ0n) is 7.33. The largest absolute Gasteiger partial charge is 0.464 e. The summed E-state index contributed by atoms with van der Waals surface area (Å²) >= 11 is 7.75. The molecule has 0 unspecified atom stereocenters. The SMILES string of the molecule is SC=COc1cccc(OC=CS)c1. The highest BCUT2D eigenvalue weighted by Crippen LogP contribution is 2.19. The minimum Gasteiger partial charge on any atom is -0.464 e. The molecule has 0 saturated heterocycles. The van der Waals surface area contributed by atoms with E-state index in [-0.39, 0.29) is 0 Å². The molecule has 2 nitrogen and oxygen atoms in total. The smallest absolute Gasteiger partial charge is 0.130 e. The first kappa shape index (κ1) is 11.1. The Morgan fingerprint density at radius 1 is 0.929 bits per heavy atom. The van der Waals surface area contributed by atoms with Gasteiger partial charge in [0.1, 0.15) is 11.5 Å². The maximum absolute atomic E-state index is 5.20. The van der Waals surface area contributed by atoms with Crippen LogP contribution in [0.3, 0.4) is 0 Å². The summed E-state index contributed by atoms with van der Waals surface area (Å²) < 4.78 is 10.4. The lowest BCUT2D eigenvalue weighted by Crippen LogP contribution is -1.84. The molecule has 0 radical (unpaired) electrons. The molecule has 14 heavy (non-hydrogen) atoms. The predicted octanol–water partition coefficient (Wildman–Crippen LogP) is 3.25. The van der Waals surface area contributed by atoms with Crippen molar-refractivity contribution in [2.45, 2.75) is 0 Å². The highest BCUT2D eigenvalue weighted by atomic mass is 32.1. The van der Waals surface area contributed by atoms with Crippen LogP contribution in [0.5, 0.6) is 11.5 Å². The van der Waals surface area contributed by atoms with Gasteiger partial charge in [0.05, 0.1) is 12.5 Å². The van der Waals surface area contributed by atoms with Gasteiger partial charge in [-0.25, -0.2) is 0 Å². The summed E-state index contributed by atoms with van der Waals surface area (Å²) in [7, 11) is 0. The van der Waals surface area contributed by atoms with E-state index < -0.39 is 0 Å². The summed E-state index contributed by atoms with van der Waals surface area (Å²) in [6.45, 7) is 0. The van der Waals surface area contributed by atoms with Crippen LogP contribution in [0.2, 0.25) is 0 Å². The number of hydrogen-bond acceptors (Lipinski definition) is 4. The molecule has 0 spiro atoms. The lowest BCUT2D eigenvalue weighted by atomic mass is 10.3. The van der Waals surface area contributed by atoms with Crippen molar-refractivity contribution in [2.24, 2.45) is 0 Å². The molecular weight excluding hydrogens is 216 g/mol. The Labute approximate surface area is 94.0 Å². The average Bonchev–Trinajstić information content (AvgIpc) is 2.24. The topological polar surface area (TPSA) is 18.5 Å². The van der Waals surface area contributed by atoms with Crippen LogP contribution in [0.1, 0.15) is 0 Å². The molecule has 0 aromatic heterocycles. The molecule has 0 fully saturated rings. The molecule has 0 atom stereocenters. The van der Waals surface area contributed by atoms with E-state index in [2.05, 4.69) is 25.3 Å². The van der Waals surface area contributed by atoms with Gasteiger partial charge in [0.15, 0.2) is 0 Å². The van der Waals surface area contributed by atoms with E-state index in [0.29, 0.717) is 11.5 Å². The van der Waals surface area contributed by atoms with E-state index >= 15 is 0 Å². The maximum Gasteiger partial charge on any atom is 0.130 e. The van der Waals surface area contributed by atoms with Crippen molar-refractivity contribution >= 4 is 25.3 Å². The molecule has 0 amide bonds. The van der Waals surface area contributed by atoms with Crippen molar-refractivity contribution in [1.82, 2.24) is 0 Å². The van der Waals surface area contributed by atoms with Crippen LogP contribution >= 0.6 is 25.3 Å². The Kier molecular flexibility index (Phi) is 5.11. The highest BCUT2D eigenvalue weighted by Gasteiger charge is 1.94. The predicted molar refractivity (Wildman–Crippen MR) is 64.0 cm³/mol. The third-order valence-electron chi connectivity index (χ3n) is 1.34. The Morgan fingerprint density at radius 2 is 1.43 bits per heavy atom. The first-order valence-corrected chi connectivity index (χ1v) is 4.92. The van der Waals surface area contributed by atoms with E-state index in [1.807, 2.05) is 18.2 Å². The molecular formula is C10H10O2S2. The van der Waals surface area contributed by atoms with Gasteiger partial charge in [0.2, 0.25) is 0 Å². The molecule has 1 aromatic carbocycles. The zero-order valence-corrected chi connectivity index (χ0v) is 9.12. The van der Waals surface area contributed by atoms with Gasteiger partial charge in [0.25, 0.3) is 0 Å². The van der Waals surface area contributed by atoms with Crippen molar-refractivity contribution < 1.29 is 9.47 Å². The first-order chi connectivity index (χ1) is 6.86. The molecule has 0 saturated carbocycles. The second kappa shape index (κ2) is 6.45. The van der Waals surface area contributed by atoms with Crippen molar-refractivity contribution in [3.63, 3.8) is 0 Å². The Bertz CT molecular complexity index is 305. The van der Waals surface area contributed by atoms with Crippen LogP contribution in [0.15, 0.2) is 47.6 Å². The molecule has 1 aromatic rings. The fourth-order valence-corrected chi connectivity index (χ4v) is 0.961. The molecule has 0 N–H and O–H groups in total. The van der Waals surface area contributed by atoms with Gasteiger partial charge in [-0.2, -0.15) is 0 Å². The molecule has 0 bridgehead atoms. The highest BCUT2D eigenvalue weighted by molar-refractivity contribution is 7.83. The standard InChI is InChI=1S/C10H10O2S2/c13-6-4-11-9-2-1-3-10(8-9)12-5-7-14/h1-8,13-14H. The first-order valence-electron chi connectivity index (χ1n) is 3.88. The van der Waals surface area contributed by atoms with Gasteiger partial charge < -0.3 is 9.47 Å². The summed E-state index contributed by atoms with van der Waals surface area (Å²) in [5, 5.41) is 3.03. The van der Waals surface area contributed by atoms with Crippen LogP contribution in [0, 0.1) is 0 Å². The minimum atomic E-state index is 0.695. The molecule has 0 aliphatic rings.